The second-order valence-corrected chi connectivity index (χ2v) is 6.72. The molecule has 1 N–H and O–H groups in total. The molecule has 1 fully saturated rings. The van der Waals surface area contributed by atoms with Gasteiger partial charge >= 0.3 is 12.0 Å². The maximum Gasteiger partial charge on any atom is 0.326 e. The van der Waals surface area contributed by atoms with E-state index in [4.69, 9.17) is 13.7 Å². The minimum absolute atomic E-state index is 0.137. The molecular weight excluding hydrogens is 366 g/mol. The Hall–Kier alpha value is -3.10. The minimum atomic E-state index is -0.926. The van der Waals surface area contributed by atoms with Crippen molar-refractivity contribution in [2.45, 2.75) is 51.7 Å². The van der Waals surface area contributed by atoms with Gasteiger partial charge in [-0.25, -0.2) is 4.79 Å². The molecule has 0 aromatic carbocycles. The third kappa shape index (κ3) is 3.92. The van der Waals surface area contributed by atoms with Crippen LogP contribution in [0.1, 0.15) is 45.2 Å². The molecule has 3 heterocycles. The highest BCUT2D eigenvalue weighted by molar-refractivity contribution is 6.08. The molecule has 3 amide bonds. The minimum Gasteiger partial charge on any atom is -0.461 e. The molecule has 0 bridgehead atoms. The van der Waals surface area contributed by atoms with Gasteiger partial charge in [0.15, 0.2) is 5.76 Å². The van der Waals surface area contributed by atoms with Crippen LogP contribution in [0.3, 0.4) is 0 Å². The van der Waals surface area contributed by atoms with E-state index in [1.54, 1.807) is 18.2 Å². The second-order valence-electron chi connectivity index (χ2n) is 6.72. The standard InChI is InChI=1S/C19H23N3O6/c1-3-7-19(8-4-2)17(24)22(18(25)20-19)11-16(23)27-12-13-10-15(28-21-13)14-6-5-9-26-14/h5-6,9-10H,3-4,7-8,11-12H2,1-2H3,(H,20,25). The molecule has 0 radical (unpaired) electrons. The smallest absolute Gasteiger partial charge is 0.326 e. The van der Waals surface area contributed by atoms with Crippen LogP contribution >= 0.6 is 0 Å². The maximum absolute atomic E-state index is 12.8. The number of carbonyl (C=O) groups is 3. The van der Waals surface area contributed by atoms with Gasteiger partial charge in [-0.1, -0.05) is 31.8 Å². The Morgan fingerprint density at radius 2 is 2.00 bits per heavy atom. The lowest BCUT2D eigenvalue weighted by molar-refractivity contribution is -0.149. The third-order valence-electron chi connectivity index (χ3n) is 4.59. The Morgan fingerprint density at radius 1 is 1.25 bits per heavy atom. The number of urea groups is 1. The predicted octanol–water partition coefficient (Wildman–Crippen LogP) is 2.87. The number of ether oxygens (including phenoxy) is 1. The SMILES string of the molecule is CCCC1(CCC)NC(=O)N(CC(=O)OCc2cc(-c3ccco3)on2)C1=O. The number of nitrogens with one attached hydrogen (secondary N) is 1. The molecule has 0 spiro atoms. The van der Waals surface area contributed by atoms with E-state index in [0.29, 0.717) is 30.1 Å². The third-order valence-corrected chi connectivity index (χ3v) is 4.59. The van der Waals surface area contributed by atoms with Crippen molar-refractivity contribution in [3.8, 4) is 11.5 Å². The molecule has 1 aliphatic heterocycles. The number of nitrogens with zero attached hydrogens (tertiary/aromatic N) is 2. The Kier molecular flexibility index (Phi) is 5.81. The number of aromatic nitrogens is 1. The van der Waals surface area contributed by atoms with Gasteiger partial charge in [0.25, 0.3) is 5.91 Å². The van der Waals surface area contributed by atoms with Gasteiger partial charge in [-0.05, 0) is 25.0 Å². The van der Waals surface area contributed by atoms with E-state index in [1.807, 2.05) is 13.8 Å². The van der Waals surface area contributed by atoms with Crippen LogP contribution in [0.15, 0.2) is 33.4 Å². The van der Waals surface area contributed by atoms with Gasteiger partial charge < -0.3 is 19.0 Å². The van der Waals surface area contributed by atoms with Crippen LogP contribution in [-0.2, 0) is 20.9 Å². The average molecular weight is 389 g/mol. The van der Waals surface area contributed by atoms with E-state index in [9.17, 15) is 14.4 Å². The van der Waals surface area contributed by atoms with Gasteiger partial charge in [0.2, 0.25) is 5.76 Å². The van der Waals surface area contributed by atoms with Crippen LogP contribution < -0.4 is 5.32 Å². The van der Waals surface area contributed by atoms with Gasteiger partial charge in [-0.3, -0.25) is 14.5 Å². The van der Waals surface area contributed by atoms with E-state index < -0.39 is 24.1 Å². The molecule has 0 saturated carbocycles. The number of hydrogen-bond donors (Lipinski definition) is 1. The van der Waals surface area contributed by atoms with Crippen molar-refractivity contribution in [3.63, 3.8) is 0 Å². The first-order valence-electron chi connectivity index (χ1n) is 9.28. The van der Waals surface area contributed by atoms with Crippen molar-refractivity contribution >= 4 is 17.9 Å². The summed E-state index contributed by atoms with van der Waals surface area (Å²) in [4.78, 5) is 38.1. The molecule has 0 unspecified atom stereocenters. The summed E-state index contributed by atoms with van der Waals surface area (Å²) in [5, 5.41) is 6.56. The summed E-state index contributed by atoms with van der Waals surface area (Å²) >= 11 is 0. The number of rotatable bonds is 9. The molecule has 9 heteroatoms. The van der Waals surface area contributed by atoms with Crippen molar-refractivity contribution in [3.05, 3.63) is 30.2 Å². The van der Waals surface area contributed by atoms with E-state index in [-0.39, 0.29) is 12.5 Å². The highest BCUT2D eigenvalue weighted by Crippen LogP contribution is 2.28. The molecule has 3 rings (SSSR count). The fraction of sp³-hybridized carbons (Fsp3) is 0.474. The Balaban J connectivity index is 1.57. The second kappa shape index (κ2) is 8.28. The lowest BCUT2D eigenvalue weighted by Gasteiger charge is -2.25. The van der Waals surface area contributed by atoms with E-state index in [1.165, 1.54) is 6.26 Å². The number of esters is 1. The van der Waals surface area contributed by atoms with Crippen molar-refractivity contribution < 1.29 is 28.1 Å². The monoisotopic (exact) mass is 389 g/mol. The van der Waals surface area contributed by atoms with Gasteiger partial charge in [0.1, 0.15) is 24.4 Å². The molecule has 150 valence electrons. The molecule has 2 aromatic heterocycles. The lowest BCUT2D eigenvalue weighted by Crippen LogP contribution is -2.47. The van der Waals surface area contributed by atoms with Crippen LogP contribution in [0.5, 0.6) is 0 Å². The summed E-state index contributed by atoms with van der Waals surface area (Å²) < 4.78 is 15.5. The Morgan fingerprint density at radius 3 is 2.64 bits per heavy atom. The number of carbonyl (C=O) groups excluding carboxylic acids is 3. The first-order chi connectivity index (χ1) is 13.5. The van der Waals surface area contributed by atoms with Crippen molar-refractivity contribution in [1.29, 1.82) is 0 Å². The Labute approximate surface area is 162 Å². The molecule has 1 saturated heterocycles. The van der Waals surface area contributed by atoms with Gasteiger partial charge in [-0.15, -0.1) is 0 Å². The molecule has 2 aromatic rings. The van der Waals surface area contributed by atoms with Crippen LogP contribution in [0.2, 0.25) is 0 Å². The quantitative estimate of drug-likeness (QED) is 0.518. The average Bonchev–Trinajstić information content (AvgIpc) is 3.38. The first-order valence-corrected chi connectivity index (χ1v) is 9.28. The number of hydrogen-bond acceptors (Lipinski definition) is 7. The van der Waals surface area contributed by atoms with Crippen LogP contribution in [0.25, 0.3) is 11.5 Å². The van der Waals surface area contributed by atoms with Gasteiger partial charge in [0.05, 0.1) is 6.26 Å². The summed E-state index contributed by atoms with van der Waals surface area (Å²) in [6.07, 6.45) is 4.06. The summed E-state index contributed by atoms with van der Waals surface area (Å²) in [5.41, 5.74) is -0.534. The van der Waals surface area contributed by atoms with Crippen molar-refractivity contribution in [2.75, 3.05) is 6.54 Å². The summed E-state index contributed by atoms with van der Waals surface area (Å²) in [6, 6.07) is 4.46. The molecule has 9 nitrogen and oxygen atoms in total. The summed E-state index contributed by atoms with van der Waals surface area (Å²) in [5.74, 6) is -0.156. The zero-order valence-corrected chi connectivity index (χ0v) is 15.9. The Bertz CT molecular complexity index is 836. The molecular formula is C19H23N3O6. The van der Waals surface area contributed by atoms with Gasteiger partial charge in [0, 0.05) is 6.07 Å². The van der Waals surface area contributed by atoms with Gasteiger partial charge in [-0.2, -0.15) is 0 Å². The summed E-state index contributed by atoms with van der Waals surface area (Å²) in [6.45, 7) is 3.32. The predicted molar refractivity (Wildman–Crippen MR) is 96.8 cm³/mol. The van der Waals surface area contributed by atoms with Crippen molar-refractivity contribution in [2.24, 2.45) is 0 Å². The highest BCUT2D eigenvalue weighted by atomic mass is 16.5. The molecule has 0 atom stereocenters. The molecule has 0 aliphatic carbocycles. The largest absolute Gasteiger partial charge is 0.461 e. The first kappa shape index (κ1) is 19.7. The molecule has 1 aliphatic rings. The van der Waals surface area contributed by atoms with E-state index in [0.717, 1.165) is 17.7 Å². The lowest BCUT2D eigenvalue weighted by atomic mass is 9.88. The highest BCUT2D eigenvalue weighted by Gasteiger charge is 2.50. The number of amides is 3. The maximum atomic E-state index is 12.8. The fourth-order valence-electron chi connectivity index (χ4n) is 3.38. The van der Waals surface area contributed by atoms with Crippen molar-refractivity contribution in [1.82, 2.24) is 15.4 Å². The zero-order valence-electron chi connectivity index (χ0n) is 15.9. The normalized spacial score (nSPS) is 15.7. The van der Waals surface area contributed by atoms with Crippen LogP contribution in [0.4, 0.5) is 4.79 Å². The van der Waals surface area contributed by atoms with E-state index >= 15 is 0 Å². The molecule has 28 heavy (non-hydrogen) atoms. The van der Waals surface area contributed by atoms with Crippen LogP contribution in [0, 0.1) is 0 Å². The summed E-state index contributed by atoms with van der Waals surface area (Å²) in [7, 11) is 0. The zero-order chi connectivity index (χ0) is 20.1. The number of furan rings is 1. The van der Waals surface area contributed by atoms with E-state index in [2.05, 4.69) is 10.5 Å². The fourth-order valence-corrected chi connectivity index (χ4v) is 3.38. The topological polar surface area (TPSA) is 115 Å². The van der Waals surface area contributed by atoms with Crippen LogP contribution in [-0.4, -0.2) is 40.0 Å². The number of imide groups is 1.